The molecule has 3 aromatic heterocycles. The summed E-state index contributed by atoms with van der Waals surface area (Å²) in [4.78, 5) is 33.6. The van der Waals surface area contributed by atoms with E-state index in [1.54, 1.807) is 16.9 Å². The van der Waals surface area contributed by atoms with E-state index in [4.69, 9.17) is 21.4 Å². The van der Waals surface area contributed by atoms with Gasteiger partial charge in [0.25, 0.3) is 5.56 Å². The van der Waals surface area contributed by atoms with Gasteiger partial charge in [-0.2, -0.15) is 5.10 Å². The number of hydrogen-bond acceptors (Lipinski definition) is 7. The van der Waals surface area contributed by atoms with Gasteiger partial charge in [0.1, 0.15) is 12.1 Å². The number of H-pyrrole nitrogens is 1. The van der Waals surface area contributed by atoms with Crippen LogP contribution in [-0.4, -0.2) is 50.1 Å². The zero-order chi connectivity index (χ0) is 25.7. The Bertz CT molecular complexity index is 1390. The van der Waals surface area contributed by atoms with Gasteiger partial charge in [0.2, 0.25) is 0 Å². The second-order valence-electron chi connectivity index (χ2n) is 8.81. The van der Waals surface area contributed by atoms with Crippen LogP contribution in [0.3, 0.4) is 0 Å². The van der Waals surface area contributed by atoms with Gasteiger partial charge < -0.3 is 20.4 Å². The highest BCUT2D eigenvalue weighted by atomic mass is 35.5. The molecule has 1 aliphatic rings. The number of aryl methyl sites for hydroxylation is 2. The molecule has 0 saturated carbocycles. The molecule has 9 nitrogen and oxygen atoms in total. The van der Waals surface area contributed by atoms with E-state index in [0.29, 0.717) is 34.2 Å². The second-order valence-corrected chi connectivity index (χ2v) is 9.22. The largest absolute Gasteiger partial charge is 0.381 e. The van der Waals surface area contributed by atoms with E-state index in [0.717, 1.165) is 60.5 Å². The second kappa shape index (κ2) is 11.5. The van der Waals surface area contributed by atoms with Gasteiger partial charge in [-0.25, -0.2) is 14.6 Å². The van der Waals surface area contributed by atoms with Crippen molar-refractivity contribution in [1.82, 2.24) is 30.0 Å². The number of rotatable bonds is 5. The average molecular weight is 508 g/mol. The molecule has 4 heterocycles. The summed E-state index contributed by atoms with van der Waals surface area (Å²) >= 11 is 6.47. The van der Waals surface area contributed by atoms with Crippen LogP contribution in [-0.2, 0) is 11.2 Å². The van der Waals surface area contributed by atoms with Gasteiger partial charge in [-0.15, -0.1) is 0 Å². The van der Waals surface area contributed by atoms with Crippen LogP contribution in [0.25, 0.3) is 16.7 Å². The number of piperidine rings is 1. The molecule has 1 aromatic carbocycles. The van der Waals surface area contributed by atoms with Gasteiger partial charge >= 0.3 is 0 Å². The first-order valence-electron chi connectivity index (χ1n) is 12.0. The molecule has 10 heteroatoms. The first-order chi connectivity index (χ1) is 17.4. The number of carbonyl (C=O) groups is 1. The summed E-state index contributed by atoms with van der Waals surface area (Å²) in [6.07, 6.45) is 7.03. The Morgan fingerprint density at radius 2 is 1.97 bits per heavy atom. The van der Waals surface area contributed by atoms with Crippen LogP contribution in [0.4, 0.5) is 5.69 Å². The van der Waals surface area contributed by atoms with Crippen LogP contribution in [0.2, 0.25) is 5.02 Å². The van der Waals surface area contributed by atoms with Gasteiger partial charge in [-0.05, 0) is 76.0 Å². The molecule has 0 spiro atoms. The van der Waals surface area contributed by atoms with Crippen molar-refractivity contribution in [3.05, 3.63) is 74.7 Å². The van der Waals surface area contributed by atoms with E-state index in [9.17, 15) is 4.79 Å². The topological polar surface area (TPSA) is 118 Å². The molecule has 5 rings (SSSR count). The van der Waals surface area contributed by atoms with Gasteiger partial charge in [-0.3, -0.25) is 4.79 Å². The lowest BCUT2D eigenvalue weighted by Crippen LogP contribution is -2.35. The fourth-order valence-corrected chi connectivity index (χ4v) is 4.32. The number of fused-ring (bicyclic) bond motifs is 1. The first kappa shape index (κ1) is 25.5. The van der Waals surface area contributed by atoms with Gasteiger partial charge in [-0.1, -0.05) is 17.7 Å². The zero-order valence-corrected chi connectivity index (χ0v) is 21.4. The highest BCUT2D eigenvalue weighted by molar-refractivity contribution is 6.34. The number of anilines is 1. The third-order valence-electron chi connectivity index (χ3n) is 6.10. The molecule has 0 amide bonds. The zero-order valence-electron chi connectivity index (χ0n) is 20.6. The number of aldehydes is 1. The van der Waals surface area contributed by atoms with Crippen molar-refractivity contribution in [2.45, 2.75) is 46.1 Å². The van der Waals surface area contributed by atoms with E-state index in [1.807, 2.05) is 38.2 Å². The maximum absolute atomic E-state index is 12.7. The van der Waals surface area contributed by atoms with Crippen molar-refractivity contribution in [2.75, 3.05) is 18.4 Å². The predicted molar refractivity (Wildman–Crippen MR) is 142 cm³/mol. The van der Waals surface area contributed by atoms with Crippen LogP contribution >= 0.6 is 11.6 Å². The number of hydrogen-bond donors (Lipinski definition) is 3. The summed E-state index contributed by atoms with van der Waals surface area (Å²) in [6, 6.07) is 7.82. The number of carbonyl (C=O) groups excluding carboxylic acids is 1. The van der Waals surface area contributed by atoms with Crippen molar-refractivity contribution >= 4 is 34.5 Å². The minimum absolute atomic E-state index is 0.197. The quantitative estimate of drug-likeness (QED) is 0.352. The minimum Gasteiger partial charge on any atom is -0.381 e. The van der Waals surface area contributed by atoms with E-state index in [1.165, 1.54) is 6.92 Å². The number of nitrogens with zero attached hydrogens (tertiary/aromatic N) is 4. The number of aromatic nitrogens is 5. The average Bonchev–Trinajstić information content (AvgIpc) is 3.20. The van der Waals surface area contributed by atoms with E-state index >= 15 is 0 Å². The van der Waals surface area contributed by atoms with Crippen LogP contribution in [0, 0.1) is 13.8 Å². The third kappa shape index (κ3) is 5.98. The molecule has 1 fully saturated rings. The fourth-order valence-electron chi connectivity index (χ4n) is 4.10. The Labute approximate surface area is 214 Å². The van der Waals surface area contributed by atoms with Crippen molar-refractivity contribution in [3.63, 3.8) is 0 Å². The summed E-state index contributed by atoms with van der Waals surface area (Å²) in [5.74, 6) is 1.33. The molecule has 0 unspecified atom stereocenters. The van der Waals surface area contributed by atoms with Crippen LogP contribution in [0.1, 0.15) is 42.4 Å². The SMILES string of the molecule is CC=O.Cc1cn(-c2ccc(Cc3nc4cc(NC5CCNCC5)c(Cl)cc4c(=O)[nH]3)cn2)nc1C. The molecule has 0 bridgehead atoms. The Morgan fingerprint density at radius 3 is 2.61 bits per heavy atom. The lowest BCUT2D eigenvalue weighted by molar-refractivity contribution is -0.106. The summed E-state index contributed by atoms with van der Waals surface area (Å²) in [7, 11) is 0. The van der Waals surface area contributed by atoms with Crippen molar-refractivity contribution in [3.8, 4) is 5.82 Å². The summed E-state index contributed by atoms with van der Waals surface area (Å²) < 4.78 is 1.77. The molecule has 1 aliphatic heterocycles. The first-order valence-corrected chi connectivity index (χ1v) is 12.3. The molecule has 0 radical (unpaired) electrons. The van der Waals surface area contributed by atoms with E-state index in [-0.39, 0.29) is 5.56 Å². The molecular formula is C26H30ClN7O2. The number of pyridine rings is 1. The fraction of sp³-hybridized carbons (Fsp3) is 0.346. The van der Waals surface area contributed by atoms with Gasteiger partial charge in [0.05, 0.1) is 27.3 Å². The lowest BCUT2D eigenvalue weighted by Gasteiger charge is -2.25. The molecule has 36 heavy (non-hydrogen) atoms. The van der Waals surface area contributed by atoms with Crippen LogP contribution < -0.4 is 16.2 Å². The Hall–Kier alpha value is -3.56. The third-order valence-corrected chi connectivity index (χ3v) is 6.41. The minimum atomic E-state index is -0.197. The number of aromatic amines is 1. The molecule has 1 saturated heterocycles. The van der Waals surface area contributed by atoms with E-state index in [2.05, 4.69) is 25.7 Å². The molecule has 4 aromatic rings. The van der Waals surface area contributed by atoms with Crippen molar-refractivity contribution in [2.24, 2.45) is 0 Å². The number of benzene rings is 1. The molecule has 3 N–H and O–H groups in total. The summed E-state index contributed by atoms with van der Waals surface area (Å²) in [5.41, 5.74) is 4.29. The molecule has 0 atom stereocenters. The van der Waals surface area contributed by atoms with Crippen molar-refractivity contribution in [1.29, 1.82) is 0 Å². The summed E-state index contributed by atoms with van der Waals surface area (Å²) in [6.45, 7) is 7.41. The maximum atomic E-state index is 12.7. The molecular weight excluding hydrogens is 478 g/mol. The highest BCUT2D eigenvalue weighted by Crippen LogP contribution is 2.27. The Kier molecular flexibility index (Phi) is 8.12. The predicted octanol–water partition coefficient (Wildman–Crippen LogP) is 3.73. The number of halogens is 1. The Balaban J connectivity index is 0.000000967. The smallest absolute Gasteiger partial charge is 0.258 e. The molecule has 0 aliphatic carbocycles. The highest BCUT2D eigenvalue weighted by Gasteiger charge is 2.16. The Morgan fingerprint density at radius 1 is 1.22 bits per heavy atom. The van der Waals surface area contributed by atoms with Crippen LogP contribution in [0.5, 0.6) is 0 Å². The van der Waals surface area contributed by atoms with E-state index < -0.39 is 0 Å². The maximum Gasteiger partial charge on any atom is 0.258 e. The lowest BCUT2D eigenvalue weighted by atomic mass is 10.1. The van der Waals surface area contributed by atoms with Crippen molar-refractivity contribution < 1.29 is 4.79 Å². The number of nitrogens with one attached hydrogen (secondary N) is 3. The standard InChI is InChI=1S/C24H26ClN7O.C2H4O/c1-14-13-32(31-15(14)2)23-4-3-16(12-27-23)9-22-29-20-11-21(28-17-5-7-26-8-6-17)19(25)10-18(20)24(33)30-22;1-2-3/h3-4,10-13,17,26,28H,5-9H2,1-2H3,(H,29,30,33);2H,1H3. The monoisotopic (exact) mass is 507 g/mol. The van der Waals surface area contributed by atoms with Gasteiger partial charge in [0.15, 0.2) is 5.82 Å². The van der Waals surface area contributed by atoms with Crippen LogP contribution in [0.15, 0.2) is 41.5 Å². The van der Waals surface area contributed by atoms with Gasteiger partial charge in [0, 0.05) is 24.9 Å². The molecule has 188 valence electrons. The summed E-state index contributed by atoms with van der Waals surface area (Å²) in [5, 5.41) is 12.4. The normalized spacial score (nSPS) is 13.8.